The van der Waals surface area contributed by atoms with E-state index in [1.807, 2.05) is 12.1 Å². The Hall–Kier alpha value is -2.21. The lowest BCUT2D eigenvalue weighted by Crippen LogP contribution is -2.41. The van der Waals surface area contributed by atoms with Gasteiger partial charge < -0.3 is 9.32 Å². The zero-order chi connectivity index (χ0) is 18.1. The molecule has 2 fully saturated rings. The summed E-state index contributed by atoms with van der Waals surface area (Å²) in [5, 5.41) is 0. The second-order valence-corrected chi connectivity index (χ2v) is 7.53. The van der Waals surface area contributed by atoms with Crippen LogP contribution in [0.2, 0.25) is 0 Å². The van der Waals surface area contributed by atoms with E-state index in [9.17, 15) is 13.6 Å². The van der Waals surface area contributed by atoms with Crippen molar-refractivity contribution < 1.29 is 18.0 Å². The van der Waals surface area contributed by atoms with E-state index in [-0.39, 0.29) is 11.3 Å². The van der Waals surface area contributed by atoms with Crippen LogP contribution in [0.3, 0.4) is 0 Å². The molecule has 2 saturated heterocycles. The molecule has 4 nitrogen and oxygen atoms in total. The Balaban J connectivity index is 1.36. The number of halogens is 2. The molecule has 2 aromatic rings. The maximum Gasteiger partial charge on any atom is 0.223 e. The number of benzene rings is 1. The molecule has 0 N–H and O–H groups in total. The van der Waals surface area contributed by atoms with Crippen LogP contribution >= 0.6 is 0 Å². The van der Waals surface area contributed by atoms with Crippen molar-refractivity contribution >= 4 is 5.91 Å². The number of nitrogens with zero attached hydrogens (tertiary/aromatic N) is 2. The predicted molar refractivity (Wildman–Crippen MR) is 92.0 cm³/mol. The van der Waals surface area contributed by atoms with E-state index in [4.69, 9.17) is 4.42 Å². The van der Waals surface area contributed by atoms with Crippen molar-refractivity contribution in [2.75, 3.05) is 19.6 Å². The van der Waals surface area contributed by atoms with E-state index in [1.165, 1.54) is 6.07 Å². The molecule has 0 radical (unpaired) electrons. The highest BCUT2D eigenvalue weighted by molar-refractivity contribution is 5.79. The number of amides is 1. The van der Waals surface area contributed by atoms with Gasteiger partial charge in [-0.3, -0.25) is 9.69 Å². The third-order valence-electron chi connectivity index (χ3n) is 5.64. The smallest absolute Gasteiger partial charge is 0.223 e. The number of likely N-dealkylation sites (tertiary alicyclic amines) is 2. The number of hydrogen-bond acceptors (Lipinski definition) is 3. The fraction of sp³-hybridized carbons (Fsp3) is 0.450. The Labute approximate surface area is 151 Å². The molecule has 26 heavy (non-hydrogen) atoms. The first-order valence-electron chi connectivity index (χ1n) is 8.99. The monoisotopic (exact) mass is 360 g/mol. The maximum absolute atomic E-state index is 13.4. The highest BCUT2D eigenvalue weighted by Crippen LogP contribution is 2.41. The van der Waals surface area contributed by atoms with E-state index in [0.29, 0.717) is 25.1 Å². The second kappa shape index (κ2) is 6.83. The van der Waals surface area contributed by atoms with Crippen LogP contribution < -0.4 is 0 Å². The minimum atomic E-state index is -0.866. The molecular formula is C20H22F2N2O2. The first-order chi connectivity index (χ1) is 12.5. The Morgan fingerprint density at radius 2 is 1.88 bits per heavy atom. The Morgan fingerprint density at radius 1 is 1.08 bits per heavy atom. The summed E-state index contributed by atoms with van der Waals surface area (Å²) >= 11 is 0. The third kappa shape index (κ3) is 3.51. The normalized spacial score (nSPS) is 20.2. The molecule has 0 unspecified atom stereocenters. The summed E-state index contributed by atoms with van der Waals surface area (Å²) in [5.74, 6) is -0.658. The fourth-order valence-electron chi connectivity index (χ4n) is 4.13. The summed E-state index contributed by atoms with van der Waals surface area (Å²) in [6, 6.07) is 7.72. The van der Waals surface area contributed by atoms with Crippen LogP contribution in [0.5, 0.6) is 0 Å². The van der Waals surface area contributed by atoms with Gasteiger partial charge in [0.2, 0.25) is 5.91 Å². The number of hydrogen-bond donors (Lipinski definition) is 0. The molecule has 6 heteroatoms. The molecule has 0 saturated carbocycles. The van der Waals surface area contributed by atoms with Crippen molar-refractivity contribution in [3.8, 4) is 0 Å². The van der Waals surface area contributed by atoms with Gasteiger partial charge in [0.05, 0.1) is 12.8 Å². The molecule has 3 heterocycles. The van der Waals surface area contributed by atoms with E-state index >= 15 is 0 Å². The highest BCUT2D eigenvalue weighted by Gasteiger charge is 2.44. The van der Waals surface area contributed by atoms with Gasteiger partial charge in [-0.25, -0.2) is 8.78 Å². The summed E-state index contributed by atoms with van der Waals surface area (Å²) in [5.41, 5.74) is 0.638. The summed E-state index contributed by atoms with van der Waals surface area (Å²) in [4.78, 5) is 16.6. The van der Waals surface area contributed by atoms with Crippen LogP contribution in [-0.2, 0) is 17.9 Å². The van der Waals surface area contributed by atoms with Crippen molar-refractivity contribution in [1.82, 2.24) is 9.80 Å². The average Bonchev–Trinajstić information content (AvgIpc) is 3.22. The van der Waals surface area contributed by atoms with Crippen molar-refractivity contribution in [1.29, 1.82) is 0 Å². The fourth-order valence-corrected chi connectivity index (χ4v) is 4.13. The van der Waals surface area contributed by atoms with Crippen LogP contribution in [0.4, 0.5) is 8.78 Å². The molecule has 0 bridgehead atoms. The van der Waals surface area contributed by atoms with E-state index in [0.717, 1.165) is 44.3 Å². The first kappa shape index (κ1) is 17.2. The van der Waals surface area contributed by atoms with Crippen LogP contribution in [0.25, 0.3) is 0 Å². The largest absolute Gasteiger partial charge is 0.468 e. The SMILES string of the molecule is O=C1CC2(CCN(Cc3ccco3)CC2)CN1Cc1ccc(F)c(F)c1. The van der Waals surface area contributed by atoms with Crippen LogP contribution in [0, 0.1) is 17.0 Å². The number of carbonyl (C=O) groups is 1. The molecule has 2 aliphatic heterocycles. The molecule has 0 atom stereocenters. The van der Waals surface area contributed by atoms with Gasteiger partial charge >= 0.3 is 0 Å². The lowest BCUT2D eigenvalue weighted by atomic mass is 9.77. The van der Waals surface area contributed by atoms with Crippen molar-refractivity contribution in [3.63, 3.8) is 0 Å². The Morgan fingerprint density at radius 3 is 2.58 bits per heavy atom. The van der Waals surface area contributed by atoms with Crippen molar-refractivity contribution in [2.24, 2.45) is 5.41 Å². The molecule has 4 rings (SSSR count). The summed E-state index contributed by atoms with van der Waals surface area (Å²) in [6.45, 7) is 3.71. The molecule has 0 aliphatic carbocycles. The van der Waals surface area contributed by atoms with Crippen molar-refractivity contribution in [3.05, 3.63) is 59.6 Å². The summed E-state index contributed by atoms with van der Waals surface area (Å²) in [7, 11) is 0. The van der Waals surface area contributed by atoms with Crippen LogP contribution in [0.15, 0.2) is 41.0 Å². The lowest BCUT2D eigenvalue weighted by molar-refractivity contribution is -0.128. The first-order valence-corrected chi connectivity index (χ1v) is 8.99. The predicted octanol–water partition coefficient (Wildman–Crippen LogP) is 3.57. The average molecular weight is 360 g/mol. The molecule has 1 amide bonds. The standard InChI is InChI=1S/C20H22F2N2O2/c21-17-4-3-15(10-18(17)22)12-24-14-20(11-19(24)25)5-7-23(8-6-20)13-16-2-1-9-26-16/h1-4,9-10H,5-8,11-14H2. The van der Waals surface area contributed by atoms with Crippen molar-refractivity contribution in [2.45, 2.75) is 32.4 Å². The quantitative estimate of drug-likeness (QED) is 0.836. The molecular weight excluding hydrogens is 338 g/mol. The summed E-state index contributed by atoms with van der Waals surface area (Å²) < 4.78 is 31.9. The molecule has 2 aliphatic rings. The zero-order valence-electron chi connectivity index (χ0n) is 14.6. The van der Waals surface area contributed by atoms with E-state index in [2.05, 4.69) is 4.90 Å². The second-order valence-electron chi connectivity index (χ2n) is 7.53. The van der Waals surface area contributed by atoms with Gasteiger partial charge in [0, 0.05) is 19.5 Å². The minimum Gasteiger partial charge on any atom is -0.468 e. The molecule has 1 spiro atoms. The molecule has 138 valence electrons. The van der Waals surface area contributed by atoms with Gasteiger partial charge in [0.1, 0.15) is 5.76 Å². The van der Waals surface area contributed by atoms with E-state index in [1.54, 1.807) is 17.2 Å². The van der Waals surface area contributed by atoms with E-state index < -0.39 is 11.6 Å². The Bertz CT molecular complexity index is 783. The third-order valence-corrected chi connectivity index (χ3v) is 5.64. The number of rotatable bonds is 4. The van der Waals surface area contributed by atoms with Gasteiger partial charge in [-0.2, -0.15) is 0 Å². The topological polar surface area (TPSA) is 36.7 Å². The highest BCUT2D eigenvalue weighted by atomic mass is 19.2. The van der Waals surface area contributed by atoms with Gasteiger partial charge in [-0.05, 0) is 61.2 Å². The maximum atomic E-state index is 13.4. The Kier molecular flexibility index (Phi) is 4.53. The molecule has 1 aromatic heterocycles. The zero-order valence-corrected chi connectivity index (χ0v) is 14.6. The number of furan rings is 1. The number of piperidine rings is 1. The van der Waals surface area contributed by atoms with Gasteiger partial charge in [0.25, 0.3) is 0 Å². The van der Waals surface area contributed by atoms with Crippen LogP contribution in [-0.4, -0.2) is 35.3 Å². The van der Waals surface area contributed by atoms with Crippen LogP contribution in [0.1, 0.15) is 30.6 Å². The summed E-state index contributed by atoms with van der Waals surface area (Å²) in [6.07, 6.45) is 4.17. The van der Waals surface area contributed by atoms with Gasteiger partial charge in [-0.15, -0.1) is 0 Å². The molecule has 1 aromatic carbocycles. The lowest BCUT2D eigenvalue weighted by Gasteiger charge is -2.38. The van der Waals surface area contributed by atoms with Gasteiger partial charge in [0.15, 0.2) is 11.6 Å². The number of carbonyl (C=O) groups excluding carboxylic acids is 1. The minimum absolute atomic E-state index is 0.00925. The van der Waals surface area contributed by atoms with Gasteiger partial charge in [-0.1, -0.05) is 6.07 Å².